The minimum Gasteiger partial charge on any atom is -0.383 e. The smallest absolute Gasteiger partial charge is 0.0399 e. The molecule has 0 aliphatic carbocycles. The molecule has 86 valence electrons. The van der Waals surface area contributed by atoms with Crippen LogP contribution >= 0.6 is 0 Å². The lowest BCUT2D eigenvalue weighted by atomic mass is 10.1. The second-order valence-electron chi connectivity index (χ2n) is 4.92. The SMILES string of the molecule is CN1CCN2Cc3ccccc3NCC2C1. The Bertz CT molecular complexity index is 377. The minimum atomic E-state index is 0.658. The van der Waals surface area contributed by atoms with E-state index in [1.165, 1.54) is 30.9 Å². The third-order valence-corrected chi connectivity index (χ3v) is 3.73. The second kappa shape index (κ2) is 4.07. The number of rotatable bonds is 0. The molecule has 1 aromatic carbocycles. The Kier molecular flexibility index (Phi) is 2.58. The summed E-state index contributed by atoms with van der Waals surface area (Å²) in [4.78, 5) is 5.04. The van der Waals surface area contributed by atoms with Crippen molar-refractivity contribution in [2.24, 2.45) is 0 Å². The van der Waals surface area contributed by atoms with Crippen LogP contribution in [0.5, 0.6) is 0 Å². The zero-order chi connectivity index (χ0) is 11.0. The summed E-state index contributed by atoms with van der Waals surface area (Å²) in [5.74, 6) is 0. The van der Waals surface area contributed by atoms with Crippen LogP contribution in [0, 0.1) is 0 Å². The van der Waals surface area contributed by atoms with Crippen molar-refractivity contribution in [2.45, 2.75) is 12.6 Å². The van der Waals surface area contributed by atoms with E-state index in [0.717, 1.165) is 13.1 Å². The Morgan fingerprint density at radius 2 is 2.12 bits per heavy atom. The summed E-state index contributed by atoms with van der Waals surface area (Å²) in [5, 5.41) is 3.58. The highest BCUT2D eigenvalue weighted by Gasteiger charge is 2.27. The lowest BCUT2D eigenvalue weighted by Crippen LogP contribution is -2.53. The van der Waals surface area contributed by atoms with E-state index in [1.54, 1.807) is 0 Å². The fourth-order valence-electron chi connectivity index (χ4n) is 2.73. The molecule has 0 spiro atoms. The highest BCUT2D eigenvalue weighted by Crippen LogP contribution is 2.23. The highest BCUT2D eigenvalue weighted by molar-refractivity contribution is 5.52. The van der Waals surface area contributed by atoms with Gasteiger partial charge in [-0.15, -0.1) is 0 Å². The Hall–Kier alpha value is -1.06. The first kappa shape index (κ1) is 10.1. The predicted molar refractivity (Wildman–Crippen MR) is 66.6 cm³/mol. The Labute approximate surface area is 97.0 Å². The molecule has 2 aliphatic rings. The topological polar surface area (TPSA) is 18.5 Å². The summed E-state index contributed by atoms with van der Waals surface area (Å²) in [6.45, 7) is 5.74. The first-order valence-corrected chi connectivity index (χ1v) is 6.07. The summed E-state index contributed by atoms with van der Waals surface area (Å²) in [6, 6.07) is 9.34. The third-order valence-electron chi connectivity index (χ3n) is 3.73. The van der Waals surface area contributed by atoms with Gasteiger partial charge in [-0.3, -0.25) is 4.90 Å². The van der Waals surface area contributed by atoms with E-state index in [-0.39, 0.29) is 0 Å². The van der Waals surface area contributed by atoms with Crippen LogP contribution in [0.2, 0.25) is 0 Å². The molecule has 1 N–H and O–H groups in total. The van der Waals surface area contributed by atoms with Gasteiger partial charge in [-0.2, -0.15) is 0 Å². The molecule has 0 saturated carbocycles. The van der Waals surface area contributed by atoms with E-state index in [0.29, 0.717) is 6.04 Å². The van der Waals surface area contributed by atoms with Crippen molar-refractivity contribution < 1.29 is 0 Å². The Balaban J connectivity index is 1.84. The molecular weight excluding hydrogens is 198 g/mol. The molecule has 1 saturated heterocycles. The van der Waals surface area contributed by atoms with Gasteiger partial charge in [0.1, 0.15) is 0 Å². The van der Waals surface area contributed by atoms with E-state index in [2.05, 4.69) is 46.4 Å². The van der Waals surface area contributed by atoms with Crippen LogP contribution in [-0.2, 0) is 6.54 Å². The molecule has 2 aliphatic heterocycles. The molecule has 3 nitrogen and oxygen atoms in total. The van der Waals surface area contributed by atoms with Gasteiger partial charge in [0, 0.05) is 44.5 Å². The number of piperazine rings is 1. The van der Waals surface area contributed by atoms with E-state index in [9.17, 15) is 0 Å². The molecule has 1 aromatic rings. The number of fused-ring (bicyclic) bond motifs is 2. The summed E-state index contributed by atoms with van der Waals surface area (Å²) in [6.07, 6.45) is 0. The van der Waals surface area contributed by atoms with E-state index in [1.807, 2.05) is 0 Å². The van der Waals surface area contributed by atoms with Gasteiger partial charge in [0.25, 0.3) is 0 Å². The number of likely N-dealkylation sites (N-methyl/N-ethyl adjacent to an activating group) is 1. The molecule has 2 heterocycles. The molecule has 1 unspecified atom stereocenters. The number of nitrogens with one attached hydrogen (secondary N) is 1. The summed E-state index contributed by atoms with van der Waals surface area (Å²) in [5.41, 5.74) is 2.76. The zero-order valence-corrected chi connectivity index (χ0v) is 9.82. The number of nitrogens with zero attached hydrogens (tertiary/aromatic N) is 2. The quantitative estimate of drug-likeness (QED) is 0.705. The van der Waals surface area contributed by atoms with Gasteiger partial charge in [0.15, 0.2) is 0 Å². The van der Waals surface area contributed by atoms with E-state index in [4.69, 9.17) is 0 Å². The normalized spacial score (nSPS) is 26.4. The molecule has 0 bridgehead atoms. The van der Waals surface area contributed by atoms with Gasteiger partial charge in [0.2, 0.25) is 0 Å². The summed E-state index contributed by atoms with van der Waals surface area (Å²) >= 11 is 0. The Morgan fingerprint density at radius 3 is 3.06 bits per heavy atom. The van der Waals surface area contributed by atoms with Crippen LogP contribution in [0.1, 0.15) is 5.56 Å². The van der Waals surface area contributed by atoms with E-state index >= 15 is 0 Å². The fraction of sp³-hybridized carbons (Fsp3) is 0.538. The molecule has 1 fully saturated rings. The average Bonchev–Trinajstić information content (AvgIpc) is 2.48. The standard InChI is InChI=1S/C13H19N3/c1-15-6-7-16-9-11-4-2-3-5-13(11)14-8-12(16)10-15/h2-5,12,14H,6-10H2,1H3. The molecule has 16 heavy (non-hydrogen) atoms. The van der Waals surface area contributed by atoms with Crippen LogP contribution in [0.4, 0.5) is 5.69 Å². The number of benzene rings is 1. The molecule has 3 heteroatoms. The van der Waals surface area contributed by atoms with Crippen LogP contribution in [0.3, 0.4) is 0 Å². The lowest BCUT2D eigenvalue weighted by Gasteiger charge is -2.38. The van der Waals surface area contributed by atoms with Crippen LogP contribution in [-0.4, -0.2) is 49.1 Å². The predicted octanol–water partition coefficient (Wildman–Crippen LogP) is 1.23. The molecular formula is C13H19N3. The number of para-hydroxylation sites is 1. The highest BCUT2D eigenvalue weighted by atomic mass is 15.3. The zero-order valence-electron chi connectivity index (χ0n) is 9.82. The summed E-state index contributed by atoms with van der Waals surface area (Å²) < 4.78 is 0. The van der Waals surface area contributed by atoms with Gasteiger partial charge in [-0.1, -0.05) is 18.2 Å². The number of hydrogen-bond acceptors (Lipinski definition) is 3. The maximum absolute atomic E-state index is 3.58. The monoisotopic (exact) mass is 217 g/mol. The average molecular weight is 217 g/mol. The second-order valence-corrected chi connectivity index (χ2v) is 4.92. The fourth-order valence-corrected chi connectivity index (χ4v) is 2.73. The minimum absolute atomic E-state index is 0.658. The van der Waals surface area contributed by atoms with Crippen molar-refractivity contribution in [3.63, 3.8) is 0 Å². The summed E-state index contributed by atoms with van der Waals surface area (Å²) in [7, 11) is 2.22. The maximum atomic E-state index is 3.58. The van der Waals surface area contributed by atoms with E-state index < -0.39 is 0 Å². The lowest BCUT2D eigenvalue weighted by molar-refractivity contribution is 0.0930. The van der Waals surface area contributed by atoms with Crippen molar-refractivity contribution in [1.29, 1.82) is 0 Å². The van der Waals surface area contributed by atoms with Gasteiger partial charge in [0.05, 0.1) is 0 Å². The maximum Gasteiger partial charge on any atom is 0.0399 e. The van der Waals surface area contributed by atoms with Gasteiger partial charge in [-0.05, 0) is 18.7 Å². The van der Waals surface area contributed by atoms with Crippen molar-refractivity contribution in [3.8, 4) is 0 Å². The van der Waals surface area contributed by atoms with Crippen LogP contribution in [0.25, 0.3) is 0 Å². The third kappa shape index (κ3) is 1.81. The number of anilines is 1. The largest absolute Gasteiger partial charge is 0.383 e. The molecule has 1 atom stereocenters. The number of hydrogen-bond donors (Lipinski definition) is 1. The first-order valence-electron chi connectivity index (χ1n) is 6.07. The molecule has 0 radical (unpaired) electrons. The molecule has 3 rings (SSSR count). The molecule has 0 aromatic heterocycles. The Morgan fingerprint density at radius 1 is 1.25 bits per heavy atom. The van der Waals surface area contributed by atoms with Gasteiger partial charge < -0.3 is 10.2 Å². The molecule has 0 amide bonds. The van der Waals surface area contributed by atoms with Crippen molar-refractivity contribution in [3.05, 3.63) is 29.8 Å². The van der Waals surface area contributed by atoms with Gasteiger partial charge in [-0.25, -0.2) is 0 Å². The van der Waals surface area contributed by atoms with Crippen LogP contribution in [0.15, 0.2) is 24.3 Å². The van der Waals surface area contributed by atoms with Crippen LogP contribution < -0.4 is 5.32 Å². The van der Waals surface area contributed by atoms with Crippen molar-refractivity contribution in [2.75, 3.05) is 38.5 Å². The van der Waals surface area contributed by atoms with Crippen molar-refractivity contribution >= 4 is 5.69 Å². The van der Waals surface area contributed by atoms with Gasteiger partial charge >= 0.3 is 0 Å². The first-order chi connectivity index (χ1) is 7.83. The van der Waals surface area contributed by atoms with Crippen molar-refractivity contribution in [1.82, 2.24) is 9.80 Å².